The number of hydrogen-bond acceptors (Lipinski definition) is 2. The van der Waals surface area contributed by atoms with Crippen molar-refractivity contribution in [1.29, 1.82) is 0 Å². The lowest BCUT2D eigenvalue weighted by Crippen LogP contribution is -2.18. The zero-order valence-corrected chi connectivity index (χ0v) is 14.5. The number of alkyl halides is 3. The van der Waals surface area contributed by atoms with Crippen LogP contribution in [0.25, 0.3) is 11.3 Å². The molecule has 0 saturated heterocycles. The van der Waals surface area contributed by atoms with E-state index in [4.69, 9.17) is 5.73 Å². The van der Waals surface area contributed by atoms with Crippen molar-refractivity contribution in [1.82, 2.24) is 9.78 Å². The number of carbonyl (C=O) groups excluding carboxylic acids is 1. The topological polar surface area (TPSA) is 60.9 Å². The van der Waals surface area contributed by atoms with Crippen LogP contribution >= 0.6 is 0 Å². The van der Waals surface area contributed by atoms with Crippen LogP contribution in [0, 0.1) is 0 Å². The fourth-order valence-electron chi connectivity index (χ4n) is 4.14. The summed E-state index contributed by atoms with van der Waals surface area (Å²) in [6.45, 7) is 6.26. The third-order valence-corrected chi connectivity index (χ3v) is 4.96. The van der Waals surface area contributed by atoms with Gasteiger partial charge in [0.2, 0.25) is 0 Å². The molecule has 7 heteroatoms. The zero-order valence-electron chi connectivity index (χ0n) is 14.5. The van der Waals surface area contributed by atoms with Gasteiger partial charge in [-0.05, 0) is 28.9 Å². The number of benzene rings is 1. The monoisotopic (exact) mass is 351 g/mol. The lowest BCUT2D eigenvalue weighted by Gasteiger charge is -2.19. The van der Waals surface area contributed by atoms with E-state index in [0.29, 0.717) is 5.56 Å². The minimum atomic E-state index is -4.75. The quantitative estimate of drug-likeness (QED) is 0.889. The van der Waals surface area contributed by atoms with Crippen LogP contribution in [0.5, 0.6) is 0 Å². The van der Waals surface area contributed by atoms with E-state index in [9.17, 15) is 18.0 Å². The second-order valence-electron chi connectivity index (χ2n) is 7.31. The zero-order chi connectivity index (χ0) is 18.7. The molecule has 0 spiro atoms. The number of halogens is 3. The highest BCUT2D eigenvalue weighted by molar-refractivity contribution is 6.01. The van der Waals surface area contributed by atoms with Gasteiger partial charge in [0.15, 0.2) is 5.69 Å². The molecule has 1 aliphatic carbocycles. The summed E-state index contributed by atoms with van der Waals surface area (Å²) in [4.78, 5) is 11.9. The molecule has 3 rings (SSSR count). The van der Waals surface area contributed by atoms with E-state index < -0.39 is 23.3 Å². The third-order valence-electron chi connectivity index (χ3n) is 4.96. The van der Waals surface area contributed by atoms with Gasteiger partial charge in [0.1, 0.15) is 0 Å². The van der Waals surface area contributed by atoms with E-state index in [-0.39, 0.29) is 17.0 Å². The lowest BCUT2D eigenvalue weighted by atomic mass is 9.85. The summed E-state index contributed by atoms with van der Waals surface area (Å²) < 4.78 is 41.0. The van der Waals surface area contributed by atoms with Crippen molar-refractivity contribution >= 4 is 5.91 Å². The van der Waals surface area contributed by atoms with Gasteiger partial charge in [-0.1, -0.05) is 39.0 Å². The van der Waals surface area contributed by atoms with E-state index in [1.165, 1.54) is 7.05 Å². The maximum Gasteiger partial charge on any atom is 0.435 e. The standard InChI is InChI=1S/C18H20F3N3O/c1-9-8-17(2,3)11-7-5-6-10(12(9)11)14-13(16(22)25)15(18(19,20)21)23-24(14)4/h5-7,9H,8H2,1-4H3,(H2,22,25). The Bertz CT molecular complexity index is 865. The van der Waals surface area contributed by atoms with Crippen LogP contribution in [-0.4, -0.2) is 15.7 Å². The number of nitrogens with two attached hydrogens (primary N) is 1. The van der Waals surface area contributed by atoms with Gasteiger partial charge in [-0.25, -0.2) is 0 Å². The summed E-state index contributed by atoms with van der Waals surface area (Å²) in [7, 11) is 1.40. The number of rotatable bonds is 2. The molecule has 1 aliphatic rings. The number of aryl methyl sites for hydroxylation is 1. The van der Waals surface area contributed by atoms with Gasteiger partial charge >= 0.3 is 6.18 Å². The molecule has 2 N–H and O–H groups in total. The molecule has 0 saturated carbocycles. The van der Waals surface area contributed by atoms with Crippen LogP contribution < -0.4 is 5.73 Å². The van der Waals surface area contributed by atoms with Crippen LogP contribution in [-0.2, 0) is 18.6 Å². The molecule has 1 atom stereocenters. The summed E-state index contributed by atoms with van der Waals surface area (Å²) in [5.74, 6) is -0.968. The number of aromatic nitrogens is 2. The highest BCUT2D eigenvalue weighted by atomic mass is 19.4. The summed E-state index contributed by atoms with van der Waals surface area (Å²) >= 11 is 0. The van der Waals surface area contributed by atoms with Crippen LogP contribution in [0.2, 0.25) is 0 Å². The van der Waals surface area contributed by atoms with Crippen molar-refractivity contribution in [3.8, 4) is 11.3 Å². The molecule has 0 bridgehead atoms. The van der Waals surface area contributed by atoms with Crippen molar-refractivity contribution in [3.05, 3.63) is 40.6 Å². The van der Waals surface area contributed by atoms with E-state index in [1.807, 2.05) is 13.0 Å². The van der Waals surface area contributed by atoms with Crippen LogP contribution in [0.1, 0.15) is 60.3 Å². The van der Waals surface area contributed by atoms with Gasteiger partial charge in [-0.2, -0.15) is 18.3 Å². The molecule has 1 unspecified atom stereocenters. The molecule has 0 fully saturated rings. The number of hydrogen-bond donors (Lipinski definition) is 1. The van der Waals surface area contributed by atoms with Gasteiger partial charge in [-0.15, -0.1) is 0 Å². The first kappa shape index (κ1) is 17.5. The van der Waals surface area contributed by atoms with Gasteiger partial charge in [-0.3, -0.25) is 9.48 Å². The number of carbonyl (C=O) groups is 1. The second-order valence-corrected chi connectivity index (χ2v) is 7.31. The molecular formula is C18H20F3N3O. The van der Waals surface area contributed by atoms with E-state index >= 15 is 0 Å². The summed E-state index contributed by atoms with van der Waals surface area (Å²) in [6, 6.07) is 5.53. The minimum absolute atomic E-state index is 0.0803. The summed E-state index contributed by atoms with van der Waals surface area (Å²) in [6.07, 6.45) is -3.86. The Morgan fingerprint density at radius 3 is 2.56 bits per heavy atom. The molecule has 4 nitrogen and oxygen atoms in total. The Morgan fingerprint density at radius 2 is 2.00 bits per heavy atom. The summed E-state index contributed by atoms with van der Waals surface area (Å²) in [5, 5.41) is 3.56. The average Bonchev–Trinajstić information content (AvgIpc) is 2.94. The van der Waals surface area contributed by atoms with Crippen molar-refractivity contribution in [2.45, 2.75) is 44.7 Å². The first-order valence-corrected chi connectivity index (χ1v) is 8.03. The smallest absolute Gasteiger partial charge is 0.365 e. The summed E-state index contributed by atoms with van der Waals surface area (Å²) in [5.41, 5.74) is 6.19. The molecule has 1 aromatic heterocycles. The van der Waals surface area contributed by atoms with Crippen molar-refractivity contribution < 1.29 is 18.0 Å². The van der Waals surface area contributed by atoms with Gasteiger partial charge < -0.3 is 5.73 Å². The minimum Gasteiger partial charge on any atom is -0.365 e. The van der Waals surface area contributed by atoms with Crippen molar-refractivity contribution in [3.63, 3.8) is 0 Å². The Hall–Kier alpha value is -2.31. The Balaban J connectivity index is 2.36. The Kier molecular flexibility index (Phi) is 3.74. The largest absolute Gasteiger partial charge is 0.435 e. The van der Waals surface area contributed by atoms with E-state index in [1.54, 1.807) is 12.1 Å². The molecule has 1 aromatic carbocycles. The normalized spacial score (nSPS) is 19.1. The highest BCUT2D eigenvalue weighted by Gasteiger charge is 2.42. The molecule has 0 radical (unpaired) electrons. The third kappa shape index (κ3) is 2.62. The van der Waals surface area contributed by atoms with Gasteiger partial charge in [0.05, 0.1) is 11.3 Å². The highest BCUT2D eigenvalue weighted by Crippen LogP contribution is 2.50. The second kappa shape index (κ2) is 5.34. The predicted molar refractivity (Wildman–Crippen MR) is 88.2 cm³/mol. The molecule has 25 heavy (non-hydrogen) atoms. The van der Waals surface area contributed by atoms with E-state index in [2.05, 4.69) is 18.9 Å². The van der Waals surface area contributed by atoms with Gasteiger partial charge in [0.25, 0.3) is 5.91 Å². The molecule has 2 aromatic rings. The molecule has 134 valence electrons. The fraction of sp³-hybridized carbons (Fsp3) is 0.444. The number of fused-ring (bicyclic) bond motifs is 1. The number of nitrogens with zero attached hydrogens (tertiary/aromatic N) is 2. The van der Waals surface area contributed by atoms with E-state index in [0.717, 1.165) is 22.2 Å². The predicted octanol–water partition coefficient (Wildman–Crippen LogP) is 3.99. The molecular weight excluding hydrogens is 331 g/mol. The SMILES string of the molecule is CC1CC(C)(C)c2cccc(-c3c(C(N)=O)c(C(F)(F)F)nn3C)c21. The van der Waals surface area contributed by atoms with Crippen molar-refractivity contribution in [2.24, 2.45) is 12.8 Å². The maximum absolute atomic E-state index is 13.3. The Labute approximate surface area is 143 Å². The Morgan fingerprint density at radius 1 is 1.36 bits per heavy atom. The van der Waals surface area contributed by atoms with Crippen LogP contribution in [0.15, 0.2) is 18.2 Å². The molecule has 1 amide bonds. The average molecular weight is 351 g/mol. The van der Waals surface area contributed by atoms with Crippen molar-refractivity contribution in [2.75, 3.05) is 0 Å². The fourth-order valence-corrected chi connectivity index (χ4v) is 4.14. The first-order chi connectivity index (χ1) is 11.4. The maximum atomic E-state index is 13.3. The first-order valence-electron chi connectivity index (χ1n) is 8.03. The lowest BCUT2D eigenvalue weighted by molar-refractivity contribution is -0.141. The number of primary amides is 1. The van der Waals surface area contributed by atoms with Gasteiger partial charge in [0, 0.05) is 12.6 Å². The van der Waals surface area contributed by atoms with Crippen LogP contribution in [0.4, 0.5) is 13.2 Å². The van der Waals surface area contributed by atoms with Crippen LogP contribution in [0.3, 0.4) is 0 Å². The molecule has 0 aliphatic heterocycles. The molecule has 1 heterocycles. The number of amides is 1.